The van der Waals surface area contributed by atoms with Crippen LogP contribution in [0.1, 0.15) is 13.3 Å². The minimum absolute atomic E-state index is 0.327. The summed E-state index contributed by atoms with van der Waals surface area (Å²) in [7, 11) is 3.77. The lowest BCUT2D eigenvalue weighted by molar-refractivity contribution is 0.528. The molecule has 104 valence electrons. The number of fused-ring (bicyclic) bond motifs is 1. The third-order valence-electron chi connectivity index (χ3n) is 3.46. The summed E-state index contributed by atoms with van der Waals surface area (Å²) < 4.78 is 6.65. The van der Waals surface area contributed by atoms with Gasteiger partial charge in [-0.3, -0.25) is 4.57 Å². The molecule has 0 aliphatic heterocycles. The standard InChI is InChI=1S/C14H21N3O2/c1-10(6-7-15)9-16(2)11-4-5-13-12(8-11)17(3)14(18)19-13/h4-5,8,10H,6-7,9,15H2,1-3H3. The van der Waals surface area contributed by atoms with Gasteiger partial charge < -0.3 is 15.1 Å². The number of nitrogens with zero attached hydrogens (tertiary/aromatic N) is 2. The maximum atomic E-state index is 11.5. The molecule has 1 aromatic heterocycles. The van der Waals surface area contributed by atoms with Gasteiger partial charge in [-0.15, -0.1) is 0 Å². The largest absolute Gasteiger partial charge is 0.419 e. The average molecular weight is 263 g/mol. The van der Waals surface area contributed by atoms with Crippen molar-refractivity contribution in [2.75, 3.05) is 25.0 Å². The molecule has 0 aliphatic rings. The number of oxazole rings is 1. The van der Waals surface area contributed by atoms with Crippen molar-refractivity contribution in [1.82, 2.24) is 4.57 Å². The maximum absolute atomic E-state index is 11.5. The lowest BCUT2D eigenvalue weighted by atomic mass is 10.1. The van der Waals surface area contributed by atoms with Crippen LogP contribution in [0.3, 0.4) is 0 Å². The summed E-state index contributed by atoms with van der Waals surface area (Å²) in [5.74, 6) is 0.213. The molecule has 0 spiro atoms. The Morgan fingerprint density at radius 2 is 2.21 bits per heavy atom. The van der Waals surface area contributed by atoms with Gasteiger partial charge in [0.05, 0.1) is 5.52 Å². The summed E-state index contributed by atoms with van der Waals surface area (Å²) in [6, 6.07) is 5.80. The van der Waals surface area contributed by atoms with E-state index in [-0.39, 0.29) is 5.76 Å². The van der Waals surface area contributed by atoms with Crippen LogP contribution in [0.15, 0.2) is 27.4 Å². The molecular weight excluding hydrogens is 242 g/mol. The van der Waals surface area contributed by atoms with Crippen LogP contribution in [-0.2, 0) is 7.05 Å². The van der Waals surface area contributed by atoms with E-state index in [1.165, 1.54) is 4.57 Å². The van der Waals surface area contributed by atoms with Gasteiger partial charge in [-0.2, -0.15) is 0 Å². The van der Waals surface area contributed by atoms with Crippen LogP contribution in [0, 0.1) is 5.92 Å². The second-order valence-corrected chi connectivity index (χ2v) is 5.14. The van der Waals surface area contributed by atoms with E-state index in [2.05, 4.69) is 11.8 Å². The highest BCUT2D eigenvalue weighted by Gasteiger charge is 2.10. The number of aromatic nitrogens is 1. The molecule has 0 bridgehead atoms. The number of hydrogen-bond acceptors (Lipinski definition) is 4. The van der Waals surface area contributed by atoms with Crippen molar-refractivity contribution in [2.45, 2.75) is 13.3 Å². The first-order valence-electron chi connectivity index (χ1n) is 6.53. The normalized spacial score (nSPS) is 12.8. The molecule has 0 radical (unpaired) electrons. The lowest BCUT2D eigenvalue weighted by Crippen LogP contribution is -2.25. The second-order valence-electron chi connectivity index (χ2n) is 5.14. The van der Waals surface area contributed by atoms with Crippen molar-refractivity contribution < 1.29 is 4.42 Å². The van der Waals surface area contributed by atoms with Crippen LogP contribution in [0.2, 0.25) is 0 Å². The highest BCUT2D eigenvalue weighted by molar-refractivity contribution is 5.77. The predicted molar refractivity (Wildman–Crippen MR) is 77.6 cm³/mol. The van der Waals surface area contributed by atoms with Crippen LogP contribution in [0.4, 0.5) is 5.69 Å². The summed E-state index contributed by atoms with van der Waals surface area (Å²) in [4.78, 5) is 13.6. The van der Waals surface area contributed by atoms with Gasteiger partial charge in [0.2, 0.25) is 0 Å². The number of nitrogens with two attached hydrogens (primary N) is 1. The Hall–Kier alpha value is -1.75. The van der Waals surface area contributed by atoms with E-state index in [0.717, 1.165) is 24.2 Å². The Morgan fingerprint density at radius 3 is 2.89 bits per heavy atom. The molecular formula is C14H21N3O2. The average Bonchev–Trinajstić information content (AvgIpc) is 2.65. The Labute approximate surface area is 112 Å². The van der Waals surface area contributed by atoms with Crippen LogP contribution < -0.4 is 16.4 Å². The zero-order valence-electron chi connectivity index (χ0n) is 11.7. The van der Waals surface area contributed by atoms with Crippen molar-refractivity contribution in [1.29, 1.82) is 0 Å². The summed E-state index contributed by atoms with van der Waals surface area (Å²) >= 11 is 0. The molecule has 2 rings (SSSR count). The quantitative estimate of drug-likeness (QED) is 0.889. The van der Waals surface area contributed by atoms with E-state index in [1.807, 2.05) is 25.2 Å². The number of rotatable bonds is 5. The molecule has 1 unspecified atom stereocenters. The summed E-state index contributed by atoms with van der Waals surface area (Å²) in [6.07, 6.45) is 1.01. The molecule has 5 nitrogen and oxygen atoms in total. The number of aryl methyl sites for hydroxylation is 1. The van der Waals surface area contributed by atoms with Gasteiger partial charge in [-0.25, -0.2) is 4.79 Å². The summed E-state index contributed by atoms with van der Waals surface area (Å²) in [5.41, 5.74) is 8.09. The fourth-order valence-corrected chi connectivity index (χ4v) is 2.30. The minimum atomic E-state index is -0.327. The molecule has 0 saturated carbocycles. The van der Waals surface area contributed by atoms with Gasteiger partial charge in [-0.05, 0) is 37.1 Å². The maximum Gasteiger partial charge on any atom is 0.419 e. The molecule has 1 aromatic carbocycles. The Bertz CT molecular complexity index is 615. The van der Waals surface area contributed by atoms with Crippen LogP contribution in [0.25, 0.3) is 11.1 Å². The summed E-state index contributed by atoms with van der Waals surface area (Å²) in [5, 5.41) is 0. The van der Waals surface area contributed by atoms with Gasteiger partial charge in [0.25, 0.3) is 0 Å². The van der Waals surface area contributed by atoms with Gasteiger partial charge in [0.1, 0.15) is 0 Å². The third-order valence-corrected chi connectivity index (χ3v) is 3.46. The molecule has 1 atom stereocenters. The van der Waals surface area contributed by atoms with E-state index in [1.54, 1.807) is 7.05 Å². The fourth-order valence-electron chi connectivity index (χ4n) is 2.30. The van der Waals surface area contributed by atoms with Crippen molar-refractivity contribution in [3.05, 3.63) is 28.7 Å². The van der Waals surface area contributed by atoms with Crippen molar-refractivity contribution in [2.24, 2.45) is 18.7 Å². The second kappa shape index (κ2) is 5.48. The van der Waals surface area contributed by atoms with Crippen molar-refractivity contribution >= 4 is 16.8 Å². The molecule has 2 aromatic rings. The van der Waals surface area contributed by atoms with Gasteiger partial charge in [0.15, 0.2) is 5.58 Å². The SMILES string of the molecule is CC(CCN)CN(C)c1ccc2oc(=O)n(C)c2c1. The van der Waals surface area contributed by atoms with E-state index < -0.39 is 0 Å². The number of anilines is 1. The van der Waals surface area contributed by atoms with Crippen LogP contribution in [0.5, 0.6) is 0 Å². The molecule has 0 aliphatic carbocycles. The van der Waals surface area contributed by atoms with E-state index in [0.29, 0.717) is 18.0 Å². The van der Waals surface area contributed by atoms with Gasteiger partial charge >= 0.3 is 5.76 Å². The van der Waals surface area contributed by atoms with Crippen LogP contribution >= 0.6 is 0 Å². The zero-order chi connectivity index (χ0) is 14.0. The number of benzene rings is 1. The first kappa shape index (κ1) is 13.7. The minimum Gasteiger partial charge on any atom is -0.408 e. The summed E-state index contributed by atoms with van der Waals surface area (Å²) in [6.45, 7) is 3.84. The fraction of sp³-hybridized carbons (Fsp3) is 0.500. The molecule has 0 amide bonds. The van der Waals surface area contributed by atoms with Crippen molar-refractivity contribution in [3.63, 3.8) is 0 Å². The first-order chi connectivity index (χ1) is 9.02. The third kappa shape index (κ3) is 2.81. The lowest BCUT2D eigenvalue weighted by Gasteiger charge is -2.23. The number of hydrogen-bond donors (Lipinski definition) is 1. The van der Waals surface area contributed by atoms with E-state index >= 15 is 0 Å². The Balaban J connectivity index is 2.25. The van der Waals surface area contributed by atoms with Crippen LogP contribution in [-0.4, -0.2) is 24.7 Å². The zero-order valence-corrected chi connectivity index (χ0v) is 11.7. The van der Waals surface area contributed by atoms with Crippen molar-refractivity contribution in [3.8, 4) is 0 Å². The predicted octanol–water partition coefficient (Wildman–Crippen LogP) is 1.55. The molecule has 0 saturated heterocycles. The Kier molecular flexibility index (Phi) is 3.95. The first-order valence-corrected chi connectivity index (χ1v) is 6.53. The highest BCUT2D eigenvalue weighted by Crippen LogP contribution is 2.21. The monoisotopic (exact) mass is 263 g/mol. The topological polar surface area (TPSA) is 64.4 Å². The highest BCUT2D eigenvalue weighted by atomic mass is 16.4. The molecule has 1 heterocycles. The molecule has 2 N–H and O–H groups in total. The van der Waals surface area contributed by atoms with E-state index in [4.69, 9.17) is 10.2 Å². The van der Waals surface area contributed by atoms with E-state index in [9.17, 15) is 4.79 Å². The van der Waals surface area contributed by atoms with Gasteiger partial charge in [-0.1, -0.05) is 6.92 Å². The molecule has 19 heavy (non-hydrogen) atoms. The van der Waals surface area contributed by atoms with Gasteiger partial charge in [0, 0.05) is 26.3 Å². The molecule has 0 fully saturated rings. The molecule has 5 heteroatoms. The smallest absolute Gasteiger partial charge is 0.408 e. The Morgan fingerprint density at radius 1 is 1.47 bits per heavy atom.